The van der Waals surface area contributed by atoms with Gasteiger partial charge in [0.15, 0.2) is 0 Å². The highest BCUT2D eigenvalue weighted by atomic mass is 79.9. The number of sulfonamides is 1. The first kappa shape index (κ1) is 18.3. The van der Waals surface area contributed by atoms with Crippen molar-refractivity contribution in [3.05, 3.63) is 28.2 Å². The van der Waals surface area contributed by atoms with Gasteiger partial charge in [-0.25, -0.2) is 17.7 Å². The number of benzene rings is 1. The van der Waals surface area contributed by atoms with Crippen molar-refractivity contribution in [2.75, 3.05) is 47.3 Å². The lowest BCUT2D eigenvalue weighted by molar-refractivity contribution is 0.0662. The lowest BCUT2D eigenvalue weighted by Crippen LogP contribution is -2.52. The highest BCUT2D eigenvalue weighted by Crippen LogP contribution is 2.25. The minimum atomic E-state index is -3.62. The second kappa shape index (κ2) is 7.27. The van der Waals surface area contributed by atoms with E-state index >= 15 is 0 Å². The van der Waals surface area contributed by atoms with Crippen LogP contribution in [0.25, 0.3) is 0 Å². The Kier molecular flexibility index (Phi) is 5.79. The molecule has 0 bridgehead atoms. The number of hydrazine groups is 1. The molecule has 1 N–H and O–H groups in total. The van der Waals surface area contributed by atoms with Gasteiger partial charge in [0.05, 0.1) is 4.90 Å². The van der Waals surface area contributed by atoms with Crippen molar-refractivity contribution in [1.82, 2.24) is 19.6 Å². The maximum atomic E-state index is 12.4. The van der Waals surface area contributed by atoms with E-state index in [-0.39, 0.29) is 10.8 Å². The number of amides is 1. The topological polar surface area (TPSA) is 73.0 Å². The maximum absolute atomic E-state index is 12.4. The van der Waals surface area contributed by atoms with Gasteiger partial charge in [0, 0.05) is 50.3 Å². The average Bonchev–Trinajstić information content (AvgIpc) is 2.49. The van der Waals surface area contributed by atoms with E-state index in [2.05, 4.69) is 26.3 Å². The van der Waals surface area contributed by atoms with Crippen molar-refractivity contribution in [3.8, 4) is 0 Å². The van der Waals surface area contributed by atoms with Crippen LogP contribution in [0.2, 0.25) is 0 Å². The first-order valence-electron chi connectivity index (χ1n) is 7.18. The molecule has 1 heterocycles. The van der Waals surface area contributed by atoms with Crippen LogP contribution in [-0.2, 0) is 10.0 Å². The van der Waals surface area contributed by atoms with Crippen LogP contribution < -0.4 is 5.43 Å². The van der Waals surface area contributed by atoms with Crippen molar-refractivity contribution in [1.29, 1.82) is 0 Å². The van der Waals surface area contributed by atoms with E-state index in [0.29, 0.717) is 10.0 Å². The van der Waals surface area contributed by atoms with E-state index in [9.17, 15) is 13.2 Å². The fourth-order valence-corrected chi connectivity index (χ4v) is 4.01. The van der Waals surface area contributed by atoms with Gasteiger partial charge in [0.25, 0.3) is 5.91 Å². The van der Waals surface area contributed by atoms with Gasteiger partial charge in [-0.15, -0.1) is 0 Å². The molecule has 1 saturated heterocycles. The molecule has 9 heteroatoms. The van der Waals surface area contributed by atoms with E-state index in [1.807, 2.05) is 12.1 Å². The number of hydrogen-bond acceptors (Lipinski definition) is 5. The van der Waals surface area contributed by atoms with E-state index < -0.39 is 10.0 Å². The zero-order chi connectivity index (χ0) is 17.2. The summed E-state index contributed by atoms with van der Waals surface area (Å²) in [6, 6.07) is 4.57. The molecule has 128 valence electrons. The van der Waals surface area contributed by atoms with Crippen LogP contribution in [0.15, 0.2) is 27.6 Å². The van der Waals surface area contributed by atoms with Crippen molar-refractivity contribution in [3.63, 3.8) is 0 Å². The van der Waals surface area contributed by atoms with Gasteiger partial charge in [0.2, 0.25) is 10.0 Å². The SMILES string of the molecule is CN1CCN(NC(=O)c2ccc(Br)c(S(=O)(=O)N(C)C)c2)CC1. The molecule has 0 saturated carbocycles. The lowest BCUT2D eigenvalue weighted by atomic mass is 10.2. The Hall–Kier alpha value is -1.000. The molecule has 0 aliphatic carbocycles. The first-order chi connectivity index (χ1) is 10.7. The molecule has 1 aliphatic heterocycles. The second-order valence-corrected chi connectivity index (χ2v) is 8.64. The lowest BCUT2D eigenvalue weighted by Gasteiger charge is -2.32. The smallest absolute Gasteiger partial charge is 0.265 e. The van der Waals surface area contributed by atoms with Crippen LogP contribution in [0.4, 0.5) is 0 Å². The molecule has 1 aliphatic rings. The fraction of sp³-hybridized carbons (Fsp3) is 0.500. The summed E-state index contributed by atoms with van der Waals surface area (Å²) in [5.41, 5.74) is 3.14. The molecule has 1 aromatic carbocycles. The maximum Gasteiger partial charge on any atom is 0.265 e. The number of carbonyl (C=O) groups is 1. The van der Waals surface area contributed by atoms with E-state index in [1.165, 1.54) is 20.2 Å². The van der Waals surface area contributed by atoms with Gasteiger partial charge >= 0.3 is 0 Å². The Bertz CT molecular complexity index is 685. The minimum Gasteiger partial charge on any atom is -0.304 e. The van der Waals surface area contributed by atoms with Crippen molar-refractivity contribution >= 4 is 31.9 Å². The highest BCUT2D eigenvalue weighted by molar-refractivity contribution is 9.10. The Balaban J connectivity index is 2.19. The number of halogens is 1. The van der Waals surface area contributed by atoms with E-state index in [0.717, 1.165) is 30.5 Å². The minimum absolute atomic E-state index is 0.0773. The number of rotatable bonds is 4. The van der Waals surface area contributed by atoms with E-state index in [1.54, 1.807) is 12.1 Å². The third-order valence-electron chi connectivity index (χ3n) is 3.71. The van der Waals surface area contributed by atoms with Gasteiger partial charge < -0.3 is 4.90 Å². The first-order valence-corrected chi connectivity index (χ1v) is 9.41. The van der Waals surface area contributed by atoms with Crippen LogP contribution in [0.3, 0.4) is 0 Å². The van der Waals surface area contributed by atoms with Crippen LogP contribution in [0, 0.1) is 0 Å². The van der Waals surface area contributed by atoms with Gasteiger partial charge in [-0.1, -0.05) is 0 Å². The zero-order valence-electron chi connectivity index (χ0n) is 13.4. The predicted octanol–water partition coefficient (Wildman–Crippen LogP) is 0.592. The molecular formula is C14H21BrN4O3S. The third kappa shape index (κ3) is 4.30. The summed E-state index contributed by atoms with van der Waals surface area (Å²) in [6.07, 6.45) is 0. The number of carbonyl (C=O) groups excluding carboxylic acids is 1. The Morgan fingerprint density at radius 3 is 2.39 bits per heavy atom. The largest absolute Gasteiger partial charge is 0.304 e. The number of nitrogens with zero attached hydrogens (tertiary/aromatic N) is 3. The number of nitrogens with one attached hydrogen (secondary N) is 1. The fourth-order valence-electron chi connectivity index (χ4n) is 2.17. The predicted molar refractivity (Wildman–Crippen MR) is 91.6 cm³/mol. The van der Waals surface area contributed by atoms with Crippen LogP contribution in [0.5, 0.6) is 0 Å². The molecular weight excluding hydrogens is 384 g/mol. The highest BCUT2D eigenvalue weighted by Gasteiger charge is 2.23. The number of hydrogen-bond donors (Lipinski definition) is 1. The van der Waals surface area contributed by atoms with Crippen molar-refractivity contribution < 1.29 is 13.2 Å². The summed E-state index contributed by atoms with van der Waals surface area (Å²) in [5.74, 6) is -0.308. The molecule has 23 heavy (non-hydrogen) atoms. The molecule has 0 atom stereocenters. The summed E-state index contributed by atoms with van der Waals surface area (Å²) in [7, 11) is 1.33. The summed E-state index contributed by atoms with van der Waals surface area (Å²) in [6.45, 7) is 3.23. The van der Waals surface area contributed by atoms with E-state index in [4.69, 9.17) is 0 Å². The molecule has 2 rings (SSSR count). The quantitative estimate of drug-likeness (QED) is 0.794. The summed E-state index contributed by atoms with van der Waals surface area (Å²) in [5, 5.41) is 1.85. The average molecular weight is 405 g/mol. The molecule has 1 amide bonds. The molecule has 1 aromatic rings. The summed E-state index contributed by atoms with van der Waals surface area (Å²) < 4.78 is 26.2. The second-order valence-electron chi connectivity index (χ2n) is 5.66. The molecule has 0 aromatic heterocycles. The molecule has 1 fully saturated rings. The van der Waals surface area contributed by atoms with Gasteiger partial charge in [0.1, 0.15) is 0 Å². The van der Waals surface area contributed by atoms with Crippen molar-refractivity contribution in [2.45, 2.75) is 4.90 Å². The molecule has 0 unspecified atom stereocenters. The van der Waals surface area contributed by atoms with Crippen LogP contribution in [0.1, 0.15) is 10.4 Å². The standard InChI is InChI=1S/C14H21BrN4O3S/c1-17(2)23(21,22)13-10-11(4-5-12(13)15)14(20)16-19-8-6-18(3)7-9-19/h4-5,10H,6-9H2,1-3H3,(H,16,20). The zero-order valence-corrected chi connectivity index (χ0v) is 15.8. The molecule has 7 nitrogen and oxygen atoms in total. The number of likely N-dealkylation sites (N-methyl/N-ethyl adjacent to an activating group) is 1. The van der Waals surface area contributed by atoms with Crippen LogP contribution in [-0.4, -0.2) is 75.9 Å². The molecule has 0 spiro atoms. The Morgan fingerprint density at radius 2 is 1.83 bits per heavy atom. The summed E-state index contributed by atoms with van der Waals surface area (Å²) >= 11 is 3.24. The van der Waals surface area contributed by atoms with Crippen molar-refractivity contribution in [2.24, 2.45) is 0 Å². The Morgan fingerprint density at radius 1 is 1.22 bits per heavy atom. The van der Waals surface area contributed by atoms with Gasteiger partial charge in [-0.3, -0.25) is 10.2 Å². The summed E-state index contributed by atoms with van der Waals surface area (Å²) in [4.78, 5) is 14.6. The Labute approximate surface area is 145 Å². The van der Waals surface area contributed by atoms with Crippen LogP contribution >= 0.6 is 15.9 Å². The van der Waals surface area contributed by atoms with Gasteiger partial charge in [-0.2, -0.15) is 0 Å². The number of piperazine rings is 1. The third-order valence-corrected chi connectivity index (χ3v) is 6.52. The van der Waals surface area contributed by atoms with Gasteiger partial charge in [-0.05, 0) is 41.2 Å². The normalized spacial score (nSPS) is 17.4. The molecule has 0 radical (unpaired) electrons. The monoisotopic (exact) mass is 404 g/mol.